The highest BCUT2D eigenvalue weighted by Crippen LogP contribution is 2.52. The lowest BCUT2D eigenvalue weighted by molar-refractivity contribution is -0.147. The second-order valence-electron chi connectivity index (χ2n) is 9.15. The molecule has 8 heteroatoms. The fraction of sp³-hybridized carbons (Fsp3) is 0.909. The second-order valence-corrected chi connectivity index (χ2v) is 13.1. The summed E-state index contributed by atoms with van der Waals surface area (Å²) in [7, 11) is -0.262. The Morgan fingerprint density at radius 2 is 1.33 bits per heavy atom. The molecule has 6 nitrogen and oxygen atoms in total. The van der Waals surface area contributed by atoms with Crippen LogP contribution in [0.5, 0.6) is 0 Å². The summed E-state index contributed by atoms with van der Waals surface area (Å²) < 4.78 is 33.4. The number of sulfone groups is 1. The minimum atomic E-state index is -3.11. The normalized spacial score (nSPS) is 31.0. The largest absolute Gasteiger partial charge is 0.469 e. The Kier molecular flexibility index (Phi) is 7.81. The van der Waals surface area contributed by atoms with Crippen LogP contribution in [0.25, 0.3) is 0 Å². The van der Waals surface area contributed by atoms with Gasteiger partial charge in [-0.25, -0.2) is 8.42 Å². The number of hydrogen-bond acceptors (Lipinski definition) is 7. The number of carbonyl (C=O) groups is 2. The zero-order chi connectivity index (χ0) is 21.8. The van der Waals surface area contributed by atoms with E-state index < -0.39 is 20.5 Å². The molecule has 2 unspecified atom stereocenters. The first kappa shape index (κ1) is 23.9. The summed E-state index contributed by atoms with van der Waals surface area (Å²) in [5, 5.41) is 0. The van der Waals surface area contributed by atoms with Gasteiger partial charge < -0.3 is 9.47 Å². The van der Waals surface area contributed by atoms with Crippen LogP contribution < -0.4 is 0 Å². The second kappa shape index (κ2) is 9.80. The van der Waals surface area contributed by atoms with E-state index in [1.807, 2.05) is 11.8 Å². The van der Waals surface area contributed by atoms with Crippen LogP contribution in [0.15, 0.2) is 0 Å². The summed E-state index contributed by atoms with van der Waals surface area (Å²) in [5.74, 6) is 0.715. The van der Waals surface area contributed by atoms with Gasteiger partial charge in [0.1, 0.15) is 0 Å². The van der Waals surface area contributed by atoms with Crippen LogP contribution in [-0.4, -0.2) is 55.6 Å². The van der Waals surface area contributed by atoms with Crippen molar-refractivity contribution in [2.75, 3.05) is 25.7 Å². The molecule has 172 valence electrons. The van der Waals surface area contributed by atoms with E-state index in [1.165, 1.54) is 46.3 Å². The van der Waals surface area contributed by atoms with Crippen LogP contribution >= 0.6 is 11.8 Å². The van der Waals surface area contributed by atoms with Crippen molar-refractivity contribution >= 4 is 33.5 Å². The van der Waals surface area contributed by atoms with E-state index in [9.17, 15) is 18.0 Å². The maximum atomic E-state index is 12.2. The van der Waals surface area contributed by atoms with Crippen molar-refractivity contribution in [3.05, 3.63) is 0 Å². The number of methoxy groups -OCH3 is 2. The third-order valence-electron chi connectivity index (χ3n) is 7.73. The molecular weight excluding hydrogens is 424 g/mol. The van der Waals surface area contributed by atoms with E-state index in [0.29, 0.717) is 19.3 Å². The SMILES string of the molecule is COC(=O)C1CCS(=O)(=O)C12CCCCC2.COC(=O)C1CCSC12CCCCC2. The van der Waals surface area contributed by atoms with Gasteiger partial charge in [-0.15, -0.1) is 0 Å². The van der Waals surface area contributed by atoms with Crippen LogP contribution in [0.4, 0.5) is 0 Å². The topological polar surface area (TPSA) is 86.7 Å². The number of hydrogen-bond donors (Lipinski definition) is 0. The van der Waals surface area contributed by atoms with Gasteiger partial charge in [-0.2, -0.15) is 11.8 Å². The highest BCUT2D eigenvalue weighted by molar-refractivity contribution is 8.01. The molecule has 2 atom stereocenters. The van der Waals surface area contributed by atoms with E-state index in [4.69, 9.17) is 9.47 Å². The minimum Gasteiger partial charge on any atom is -0.469 e. The van der Waals surface area contributed by atoms with Gasteiger partial charge in [-0.05, 0) is 44.3 Å². The summed E-state index contributed by atoms with van der Waals surface area (Å²) in [5.41, 5.74) is 0. The molecule has 4 aliphatic rings. The molecule has 0 radical (unpaired) electrons. The van der Waals surface area contributed by atoms with E-state index >= 15 is 0 Å². The fourth-order valence-electron chi connectivity index (χ4n) is 6.10. The number of esters is 2. The van der Waals surface area contributed by atoms with E-state index in [1.54, 1.807) is 0 Å². The number of ether oxygens (including phenoxy) is 2. The van der Waals surface area contributed by atoms with Crippen molar-refractivity contribution in [2.45, 2.75) is 86.5 Å². The number of thioether (sulfide) groups is 1. The molecule has 4 fully saturated rings. The summed E-state index contributed by atoms with van der Waals surface area (Å²) in [6, 6.07) is 0. The third-order valence-corrected chi connectivity index (χ3v) is 12.1. The molecule has 4 rings (SSSR count). The van der Waals surface area contributed by atoms with E-state index in [0.717, 1.165) is 31.4 Å². The minimum absolute atomic E-state index is 0.0249. The van der Waals surface area contributed by atoms with Crippen molar-refractivity contribution in [2.24, 2.45) is 11.8 Å². The highest BCUT2D eigenvalue weighted by Gasteiger charge is 2.57. The molecular formula is C22H36O6S2. The standard InChI is InChI=1S/C11H18O4S.C11H18O2S/c1-15-10(12)9-5-8-16(13,14)11(9)6-3-2-4-7-11;1-13-10(12)9-5-8-14-11(9)6-3-2-4-7-11/h9H,2-8H2,1H3;9H,2-8H2,1H3. The van der Waals surface area contributed by atoms with Gasteiger partial charge in [-0.3, -0.25) is 9.59 Å². The molecule has 0 aromatic heterocycles. The first-order chi connectivity index (χ1) is 14.3. The fourth-order valence-corrected chi connectivity index (χ4v) is 10.4. The summed E-state index contributed by atoms with van der Waals surface area (Å²) in [4.78, 5) is 23.3. The van der Waals surface area contributed by atoms with Crippen molar-refractivity contribution in [3.8, 4) is 0 Å². The van der Waals surface area contributed by atoms with Gasteiger partial charge in [0.25, 0.3) is 0 Å². The zero-order valence-corrected chi connectivity index (χ0v) is 20.0. The Labute approximate surface area is 185 Å². The van der Waals surface area contributed by atoms with Gasteiger partial charge >= 0.3 is 11.9 Å². The Hall–Kier alpha value is -0.760. The summed E-state index contributed by atoms with van der Waals surface area (Å²) in [6.45, 7) is 0. The Bertz CT molecular complexity index is 720. The lowest BCUT2D eigenvalue weighted by Crippen LogP contribution is -2.45. The van der Waals surface area contributed by atoms with Gasteiger partial charge in [0.05, 0.1) is 36.6 Å². The molecule has 2 saturated carbocycles. The van der Waals surface area contributed by atoms with Crippen LogP contribution in [-0.2, 0) is 28.9 Å². The smallest absolute Gasteiger partial charge is 0.310 e. The molecule has 0 bridgehead atoms. The maximum absolute atomic E-state index is 12.2. The summed E-state index contributed by atoms with van der Waals surface area (Å²) >= 11 is 2.02. The first-order valence-electron chi connectivity index (χ1n) is 11.3. The van der Waals surface area contributed by atoms with E-state index in [2.05, 4.69) is 0 Å². The molecule has 0 aromatic rings. The van der Waals surface area contributed by atoms with Crippen molar-refractivity contribution in [3.63, 3.8) is 0 Å². The van der Waals surface area contributed by atoms with E-state index in [-0.39, 0.29) is 28.4 Å². The average molecular weight is 461 g/mol. The van der Waals surface area contributed by atoms with Crippen LogP contribution in [0.1, 0.15) is 77.0 Å². The lowest BCUT2D eigenvalue weighted by atomic mass is 9.78. The molecule has 2 heterocycles. The lowest BCUT2D eigenvalue weighted by Gasteiger charge is -2.36. The molecule has 2 saturated heterocycles. The maximum Gasteiger partial charge on any atom is 0.310 e. The number of carbonyl (C=O) groups excluding carboxylic acids is 2. The Balaban J connectivity index is 0.000000172. The van der Waals surface area contributed by atoms with Crippen molar-refractivity contribution < 1.29 is 27.5 Å². The summed E-state index contributed by atoms with van der Waals surface area (Å²) in [6.07, 6.45) is 12.0. The van der Waals surface area contributed by atoms with Gasteiger partial charge in [-0.1, -0.05) is 38.5 Å². The van der Waals surface area contributed by atoms with Crippen LogP contribution in [0.2, 0.25) is 0 Å². The van der Waals surface area contributed by atoms with Crippen LogP contribution in [0, 0.1) is 11.8 Å². The predicted molar refractivity (Wildman–Crippen MR) is 118 cm³/mol. The van der Waals surface area contributed by atoms with Gasteiger partial charge in [0, 0.05) is 4.75 Å². The molecule has 30 heavy (non-hydrogen) atoms. The molecule has 0 aromatic carbocycles. The average Bonchev–Trinajstić information content (AvgIpc) is 3.27. The Morgan fingerprint density at radius 1 is 0.800 bits per heavy atom. The van der Waals surface area contributed by atoms with Crippen LogP contribution in [0.3, 0.4) is 0 Å². The predicted octanol–water partition coefficient (Wildman–Crippen LogP) is 3.91. The molecule has 0 amide bonds. The van der Waals surface area contributed by atoms with Crippen molar-refractivity contribution in [1.82, 2.24) is 0 Å². The third kappa shape index (κ3) is 4.41. The van der Waals surface area contributed by atoms with Gasteiger partial charge in [0.15, 0.2) is 9.84 Å². The Morgan fingerprint density at radius 3 is 1.90 bits per heavy atom. The molecule has 0 N–H and O–H groups in total. The monoisotopic (exact) mass is 460 g/mol. The molecule has 2 aliphatic carbocycles. The quantitative estimate of drug-likeness (QED) is 0.577. The number of rotatable bonds is 2. The molecule has 2 spiro atoms. The van der Waals surface area contributed by atoms with Gasteiger partial charge in [0.2, 0.25) is 0 Å². The molecule has 2 aliphatic heterocycles. The highest BCUT2D eigenvalue weighted by atomic mass is 32.2. The van der Waals surface area contributed by atoms with Crippen molar-refractivity contribution in [1.29, 1.82) is 0 Å². The first-order valence-corrected chi connectivity index (χ1v) is 14.0. The zero-order valence-electron chi connectivity index (χ0n) is 18.3.